The van der Waals surface area contributed by atoms with Gasteiger partial charge in [0.2, 0.25) is 5.91 Å². The summed E-state index contributed by atoms with van der Waals surface area (Å²) in [5, 5.41) is 3.19. The van der Waals surface area contributed by atoms with Crippen LogP contribution in [0.25, 0.3) is 0 Å². The summed E-state index contributed by atoms with van der Waals surface area (Å²) in [7, 11) is 0. The minimum atomic E-state index is -0.247. The second-order valence-corrected chi connectivity index (χ2v) is 4.16. The van der Waals surface area contributed by atoms with Crippen LogP contribution in [0, 0.1) is 0 Å². The average Bonchev–Trinajstić information content (AvgIpc) is 2.28. The molecule has 0 radical (unpaired) electrons. The first-order valence-electron chi connectivity index (χ1n) is 6.40. The number of carbonyl (C=O) groups is 1. The van der Waals surface area contributed by atoms with Crippen molar-refractivity contribution in [2.75, 3.05) is 26.2 Å². The number of unbranched alkanes of at least 4 members (excludes halogenated alkanes) is 1. The summed E-state index contributed by atoms with van der Waals surface area (Å²) < 4.78 is 0. The summed E-state index contributed by atoms with van der Waals surface area (Å²) >= 11 is 0. The van der Waals surface area contributed by atoms with Crippen molar-refractivity contribution >= 4 is 5.91 Å². The molecule has 0 spiro atoms. The Morgan fingerprint density at radius 3 is 2.44 bits per heavy atom. The SMILES string of the molecule is CCCCN(CC)CC(NCCC)C(N)=O. The van der Waals surface area contributed by atoms with E-state index < -0.39 is 0 Å². The molecular weight excluding hydrogens is 202 g/mol. The van der Waals surface area contributed by atoms with E-state index in [2.05, 4.69) is 31.0 Å². The van der Waals surface area contributed by atoms with Crippen molar-refractivity contribution in [2.24, 2.45) is 5.73 Å². The third-order valence-electron chi connectivity index (χ3n) is 2.70. The Morgan fingerprint density at radius 2 is 2.00 bits per heavy atom. The Hall–Kier alpha value is -0.610. The van der Waals surface area contributed by atoms with Crippen molar-refractivity contribution in [1.82, 2.24) is 10.2 Å². The Bertz CT molecular complexity index is 185. The van der Waals surface area contributed by atoms with Gasteiger partial charge in [-0.3, -0.25) is 4.79 Å². The number of likely N-dealkylation sites (N-methyl/N-ethyl adjacent to an activating group) is 1. The van der Waals surface area contributed by atoms with Crippen LogP contribution in [0.5, 0.6) is 0 Å². The van der Waals surface area contributed by atoms with Crippen molar-refractivity contribution < 1.29 is 4.79 Å². The number of nitrogens with zero attached hydrogens (tertiary/aromatic N) is 1. The molecule has 0 aromatic carbocycles. The van der Waals surface area contributed by atoms with Gasteiger partial charge in [-0.1, -0.05) is 27.2 Å². The van der Waals surface area contributed by atoms with Crippen LogP contribution >= 0.6 is 0 Å². The quantitative estimate of drug-likeness (QED) is 0.586. The molecule has 3 N–H and O–H groups in total. The summed E-state index contributed by atoms with van der Waals surface area (Å²) in [4.78, 5) is 13.5. The molecule has 0 aromatic heterocycles. The van der Waals surface area contributed by atoms with E-state index in [1.807, 2.05) is 0 Å². The normalized spacial score (nSPS) is 13.0. The number of carbonyl (C=O) groups excluding carboxylic acids is 1. The van der Waals surface area contributed by atoms with Gasteiger partial charge in [-0.05, 0) is 32.5 Å². The van der Waals surface area contributed by atoms with Gasteiger partial charge >= 0.3 is 0 Å². The van der Waals surface area contributed by atoms with Crippen molar-refractivity contribution in [3.63, 3.8) is 0 Å². The molecule has 0 aromatic rings. The largest absolute Gasteiger partial charge is 0.368 e. The third-order valence-corrected chi connectivity index (χ3v) is 2.70. The predicted molar refractivity (Wildman–Crippen MR) is 68.3 cm³/mol. The van der Waals surface area contributed by atoms with E-state index in [1.54, 1.807) is 0 Å². The maximum absolute atomic E-state index is 11.3. The van der Waals surface area contributed by atoms with E-state index >= 15 is 0 Å². The molecule has 0 aliphatic carbocycles. The smallest absolute Gasteiger partial charge is 0.235 e. The number of nitrogens with two attached hydrogens (primary N) is 1. The summed E-state index contributed by atoms with van der Waals surface area (Å²) in [6.45, 7) is 9.97. The number of amides is 1. The molecule has 1 atom stereocenters. The summed E-state index contributed by atoms with van der Waals surface area (Å²) in [5.41, 5.74) is 5.38. The van der Waals surface area contributed by atoms with E-state index in [0.29, 0.717) is 0 Å². The molecule has 96 valence electrons. The van der Waals surface area contributed by atoms with E-state index in [9.17, 15) is 4.79 Å². The van der Waals surface area contributed by atoms with Gasteiger partial charge in [0.15, 0.2) is 0 Å². The zero-order chi connectivity index (χ0) is 12.4. The van der Waals surface area contributed by atoms with Crippen LogP contribution in [-0.4, -0.2) is 43.0 Å². The molecule has 16 heavy (non-hydrogen) atoms. The minimum absolute atomic E-state index is 0.211. The molecule has 0 heterocycles. The Labute approximate surface area is 99.6 Å². The van der Waals surface area contributed by atoms with Crippen molar-refractivity contribution in [1.29, 1.82) is 0 Å². The minimum Gasteiger partial charge on any atom is -0.368 e. The Kier molecular flexibility index (Phi) is 9.24. The topological polar surface area (TPSA) is 58.4 Å². The predicted octanol–water partition coefficient (Wildman–Crippen LogP) is 0.962. The van der Waals surface area contributed by atoms with E-state index in [1.165, 1.54) is 12.8 Å². The lowest BCUT2D eigenvalue weighted by molar-refractivity contribution is -0.120. The Morgan fingerprint density at radius 1 is 1.31 bits per heavy atom. The Balaban J connectivity index is 4.06. The van der Waals surface area contributed by atoms with Gasteiger partial charge in [0.25, 0.3) is 0 Å². The van der Waals surface area contributed by atoms with Gasteiger partial charge in [0, 0.05) is 6.54 Å². The van der Waals surface area contributed by atoms with Crippen LogP contribution in [0.3, 0.4) is 0 Å². The monoisotopic (exact) mass is 229 g/mol. The van der Waals surface area contributed by atoms with Crippen molar-refractivity contribution in [3.05, 3.63) is 0 Å². The number of hydrogen-bond acceptors (Lipinski definition) is 3. The highest BCUT2D eigenvalue weighted by Crippen LogP contribution is 1.97. The van der Waals surface area contributed by atoms with E-state index in [-0.39, 0.29) is 11.9 Å². The van der Waals surface area contributed by atoms with Crippen LogP contribution < -0.4 is 11.1 Å². The molecule has 1 amide bonds. The second-order valence-electron chi connectivity index (χ2n) is 4.16. The van der Waals surface area contributed by atoms with Gasteiger partial charge in [-0.15, -0.1) is 0 Å². The number of hydrogen-bond donors (Lipinski definition) is 2. The van der Waals surface area contributed by atoms with Crippen molar-refractivity contribution in [2.45, 2.75) is 46.1 Å². The lowest BCUT2D eigenvalue weighted by Crippen LogP contribution is -2.49. The molecule has 0 aliphatic rings. The first kappa shape index (κ1) is 15.4. The fourth-order valence-corrected chi connectivity index (χ4v) is 1.59. The van der Waals surface area contributed by atoms with E-state index in [0.717, 1.165) is 32.6 Å². The molecule has 1 unspecified atom stereocenters. The molecule has 0 rings (SSSR count). The van der Waals surface area contributed by atoms with E-state index in [4.69, 9.17) is 5.73 Å². The first-order chi connectivity index (χ1) is 7.65. The van der Waals surface area contributed by atoms with Crippen LogP contribution in [-0.2, 0) is 4.79 Å². The molecule has 0 saturated heterocycles. The highest BCUT2D eigenvalue weighted by atomic mass is 16.1. The third kappa shape index (κ3) is 6.80. The van der Waals surface area contributed by atoms with Gasteiger partial charge in [0.1, 0.15) is 0 Å². The number of nitrogens with one attached hydrogen (secondary N) is 1. The average molecular weight is 229 g/mol. The highest BCUT2D eigenvalue weighted by Gasteiger charge is 2.17. The van der Waals surface area contributed by atoms with Crippen molar-refractivity contribution in [3.8, 4) is 0 Å². The molecule has 4 nitrogen and oxygen atoms in total. The van der Waals surface area contributed by atoms with Gasteiger partial charge in [0.05, 0.1) is 6.04 Å². The van der Waals surface area contributed by atoms with Gasteiger partial charge in [-0.2, -0.15) is 0 Å². The first-order valence-corrected chi connectivity index (χ1v) is 6.40. The number of rotatable bonds is 10. The molecule has 0 bridgehead atoms. The van der Waals surface area contributed by atoms with Crippen LogP contribution in [0.2, 0.25) is 0 Å². The lowest BCUT2D eigenvalue weighted by atomic mass is 10.2. The fourth-order valence-electron chi connectivity index (χ4n) is 1.59. The van der Waals surface area contributed by atoms with Gasteiger partial charge in [-0.25, -0.2) is 0 Å². The lowest BCUT2D eigenvalue weighted by Gasteiger charge is -2.25. The molecule has 0 aliphatic heterocycles. The molecular formula is C12H27N3O. The van der Waals surface area contributed by atoms with Crippen LogP contribution in [0.1, 0.15) is 40.0 Å². The molecule has 0 fully saturated rings. The maximum atomic E-state index is 11.3. The molecule has 0 saturated carbocycles. The highest BCUT2D eigenvalue weighted by molar-refractivity contribution is 5.80. The summed E-state index contributed by atoms with van der Waals surface area (Å²) in [5.74, 6) is -0.247. The maximum Gasteiger partial charge on any atom is 0.235 e. The van der Waals surface area contributed by atoms with Crippen LogP contribution in [0.15, 0.2) is 0 Å². The molecule has 4 heteroatoms. The number of primary amides is 1. The standard InChI is InChI=1S/C12H27N3O/c1-4-7-9-15(6-3)10-11(12(13)16)14-8-5-2/h11,14H,4-10H2,1-3H3,(H2,13,16). The second kappa shape index (κ2) is 9.60. The fraction of sp³-hybridized carbons (Fsp3) is 0.917. The van der Waals surface area contributed by atoms with Gasteiger partial charge < -0.3 is 16.0 Å². The zero-order valence-electron chi connectivity index (χ0n) is 11.0. The van der Waals surface area contributed by atoms with Crippen LogP contribution in [0.4, 0.5) is 0 Å². The summed E-state index contributed by atoms with van der Waals surface area (Å²) in [6, 6.07) is -0.211. The summed E-state index contributed by atoms with van der Waals surface area (Å²) in [6.07, 6.45) is 3.37. The zero-order valence-corrected chi connectivity index (χ0v) is 11.0.